The summed E-state index contributed by atoms with van der Waals surface area (Å²) in [4.78, 5) is 1.79. The lowest BCUT2D eigenvalue weighted by molar-refractivity contribution is 0.0568. The molecule has 114 valence electrons. The summed E-state index contributed by atoms with van der Waals surface area (Å²) >= 11 is 0. The Bertz CT molecular complexity index is 257. The second kappa shape index (κ2) is 7.53. The monoisotopic (exact) mass is 276 g/mol. The van der Waals surface area contributed by atoms with Crippen molar-refractivity contribution in [2.75, 3.05) is 26.7 Å². The Kier molecular flexibility index (Phi) is 6.67. The van der Waals surface area contributed by atoms with Gasteiger partial charge in [0.25, 0.3) is 6.43 Å². The Morgan fingerprint density at radius 1 is 1.37 bits per heavy atom. The lowest BCUT2D eigenvalue weighted by Crippen LogP contribution is -2.53. The highest BCUT2D eigenvalue weighted by Crippen LogP contribution is 2.39. The molecule has 1 aliphatic carbocycles. The van der Waals surface area contributed by atoms with Crippen LogP contribution in [-0.2, 0) is 0 Å². The fourth-order valence-electron chi connectivity index (χ4n) is 3.43. The highest BCUT2D eigenvalue weighted by atomic mass is 19.3. The van der Waals surface area contributed by atoms with E-state index in [4.69, 9.17) is 0 Å². The average Bonchev–Trinajstić information content (AvgIpc) is 2.26. The van der Waals surface area contributed by atoms with Crippen molar-refractivity contribution in [2.45, 2.75) is 58.9 Å². The molecule has 1 aliphatic rings. The molecule has 0 spiro atoms. The number of hydrogen-bond acceptors (Lipinski definition) is 2. The van der Waals surface area contributed by atoms with E-state index >= 15 is 0 Å². The number of alkyl halides is 2. The molecule has 0 radical (unpaired) electrons. The molecule has 1 fully saturated rings. The first kappa shape index (κ1) is 16.8. The first-order valence-electron chi connectivity index (χ1n) is 7.57. The highest BCUT2D eigenvalue weighted by Gasteiger charge is 2.38. The second-order valence-corrected chi connectivity index (χ2v) is 6.68. The topological polar surface area (TPSA) is 15.3 Å². The van der Waals surface area contributed by atoms with Gasteiger partial charge in [-0.1, -0.05) is 27.2 Å². The van der Waals surface area contributed by atoms with E-state index in [2.05, 4.69) is 26.1 Å². The lowest BCUT2D eigenvalue weighted by Gasteiger charge is -2.45. The predicted octanol–water partition coefficient (Wildman–Crippen LogP) is 3.38. The zero-order valence-electron chi connectivity index (χ0n) is 12.9. The number of rotatable bonds is 7. The van der Waals surface area contributed by atoms with Crippen molar-refractivity contribution in [1.29, 1.82) is 0 Å². The van der Waals surface area contributed by atoms with Crippen molar-refractivity contribution in [3.05, 3.63) is 0 Å². The molecule has 2 nitrogen and oxygen atoms in total. The van der Waals surface area contributed by atoms with Crippen LogP contribution in [0.25, 0.3) is 0 Å². The van der Waals surface area contributed by atoms with Crippen molar-refractivity contribution >= 4 is 0 Å². The van der Waals surface area contributed by atoms with Crippen LogP contribution in [0.3, 0.4) is 0 Å². The van der Waals surface area contributed by atoms with Crippen molar-refractivity contribution in [3.8, 4) is 0 Å². The summed E-state index contributed by atoms with van der Waals surface area (Å²) in [5.41, 5.74) is 0.268. The number of nitrogens with zero attached hydrogens (tertiary/aromatic N) is 1. The first-order valence-corrected chi connectivity index (χ1v) is 7.57. The van der Waals surface area contributed by atoms with Gasteiger partial charge in [0, 0.05) is 12.6 Å². The lowest BCUT2D eigenvalue weighted by atomic mass is 9.67. The highest BCUT2D eigenvalue weighted by molar-refractivity contribution is 4.94. The van der Waals surface area contributed by atoms with Crippen molar-refractivity contribution in [1.82, 2.24) is 10.2 Å². The molecule has 0 bridgehead atoms. The van der Waals surface area contributed by atoms with E-state index in [9.17, 15) is 8.78 Å². The molecule has 1 N–H and O–H groups in total. The maximum atomic E-state index is 12.4. The summed E-state index contributed by atoms with van der Waals surface area (Å²) in [5, 5.41) is 3.66. The molecule has 0 aromatic heterocycles. The van der Waals surface area contributed by atoms with Gasteiger partial charge in [0.05, 0.1) is 6.54 Å². The van der Waals surface area contributed by atoms with Crippen LogP contribution in [-0.4, -0.2) is 44.0 Å². The third-order valence-corrected chi connectivity index (χ3v) is 4.32. The van der Waals surface area contributed by atoms with Crippen LogP contribution in [0.5, 0.6) is 0 Å². The molecule has 0 aromatic rings. The van der Waals surface area contributed by atoms with E-state index in [0.717, 1.165) is 25.9 Å². The van der Waals surface area contributed by atoms with Crippen LogP contribution in [0.2, 0.25) is 0 Å². The molecule has 0 amide bonds. The Labute approximate surface area is 116 Å². The van der Waals surface area contributed by atoms with Gasteiger partial charge in [0.2, 0.25) is 0 Å². The SMILES string of the molecule is CCCNC1C(CN(C)CC(F)F)CCCC1(C)C. The van der Waals surface area contributed by atoms with Crippen molar-refractivity contribution in [3.63, 3.8) is 0 Å². The molecule has 1 rings (SSSR count). The molecule has 19 heavy (non-hydrogen) atoms. The summed E-state index contributed by atoms with van der Waals surface area (Å²) in [5.74, 6) is 0.485. The van der Waals surface area contributed by atoms with E-state index < -0.39 is 6.43 Å². The summed E-state index contributed by atoms with van der Waals surface area (Å²) in [7, 11) is 1.81. The Hall–Kier alpha value is -0.220. The standard InChI is InChI=1S/C15H30F2N2/c1-5-9-18-14-12(7-6-8-15(14,2)3)10-19(4)11-13(16)17/h12-14,18H,5-11H2,1-4H3. The van der Waals surface area contributed by atoms with Gasteiger partial charge >= 0.3 is 0 Å². The van der Waals surface area contributed by atoms with Crippen LogP contribution in [0.15, 0.2) is 0 Å². The van der Waals surface area contributed by atoms with Crippen molar-refractivity contribution in [2.24, 2.45) is 11.3 Å². The summed E-state index contributed by atoms with van der Waals surface area (Å²) in [6, 6.07) is 0.446. The van der Waals surface area contributed by atoms with E-state index in [1.807, 2.05) is 7.05 Å². The predicted molar refractivity (Wildman–Crippen MR) is 76.7 cm³/mol. The van der Waals surface area contributed by atoms with Gasteiger partial charge < -0.3 is 10.2 Å². The van der Waals surface area contributed by atoms with Crippen molar-refractivity contribution < 1.29 is 8.78 Å². The maximum absolute atomic E-state index is 12.4. The van der Waals surface area contributed by atoms with Gasteiger partial charge in [-0.15, -0.1) is 0 Å². The first-order chi connectivity index (χ1) is 8.86. The average molecular weight is 276 g/mol. The fourth-order valence-corrected chi connectivity index (χ4v) is 3.43. The molecule has 0 aliphatic heterocycles. The van der Waals surface area contributed by atoms with Crippen LogP contribution >= 0.6 is 0 Å². The molecule has 2 atom stereocenters. The van der Waals surface area contributed by atoms with Crippen LogP contribution in [0, 0.1) is 11.3 Å². The van der Waals surface area contributed by atoms with E-state index in [0.29, 0.717) is 12.0 Å². The number of nitrogens with one attached hydrogen (secondary N) is 1. The summed E-state index contributed by atoms with van der Waals surface area (Å²) in [6.45, 7) is 8.45. The smallest absolute Gasteiger partial charge is 0.251 e. The Morgan fingerprint density at radius 3 is 2.63 bits per heavy atom. The maximum Gasteiger partial charge on any atom is 0.251 e. The van der Waals surface area contributed by atoms with Gasteiger partial charge in [-0.2, -0.15) is 0 Å². The zero-order valence-corrected chi connectivity index (χ0v) is 12.9. The minimum absolute atomic E-state index is 0.114. The molecule has 1 saturated carbocycles. The second-order valence-electron chi connectivity index (χ2n) is 6.68. The third-order valence-electron chi connectivity index (χ3n) is 4.32. The zero-order chi connectivity index (χ0) is 14.5. The van der Waals surface area contributed by atoms with Gasteiger partial charge in [0.15, 0.2) is 0 Å². The summed E-state index contributed by atoms with van der Waals surface area (Å²) < 4.78 is 24.9. The van der Waals surface area contributed by atoms with E-state index in [1.54, 1.807) is 4.90 Å². The molecule has 0 saturated heterocycles. The Balaban J connectivity index is 2.61. The molecule has 0 aromatic carbocycles. The van der Waals surface area contributed by atoms with Gasteiger partial charge in [-0.3, -0.25) is 0 Å². The quantitative estimate of drug-likeness (QED) is 0.767. The molecular weight excluding hydrogens is 246 g/mol. The molecule has 4 heteroatoms. The van der Waals surface area contributed by atoms with Gasteiger partial charge in [-0.05, 0) is 44.2 Å². The third kappa shape index (κ3) is 5.35. The molecule has 2 unspecified atom stereocenters. The van der Waals surface area contributed by atoms with Crippen LogP contribution < -0.4 is 5.32 Å². The minimum atomic E-state index is -2.23. The van der Waals surface area contributed by atoms with Gasteiger partial charge in [-0.25, -0.2) is 8.78 Å². The van der Waals surface area contributed by atoms with E-state index in [1.165, 1.54) is 12.8 Å². The number of halogens is 2. The normalized spacial score (nSPS) is 27.2. The van der Waals surface area contributed by atoms with E-state index in [-0.39, 0.29) is 12.0 Å². The minimum Gasteiger partial charge on any atom is -0.313 e. The number of hydrogen-bond donors (Lipinski definition) is 1. The largest absolute Gasteiger partial charge is 0.313 e. The van der Waals surface area contributed by atoms with Crippen LogP contribution in [0.1, 0.15) is 46.5 Å². The fraction of sp³-hybridized carbons (Fsp3) is 1.00. The Morgan fingerprint density at radius 2 is 2.05 bits per heavy atom. The summed E-state index contributed by atoms with van der Waals surface area (Å²) in [6.07, 6.45) is 2.47. The molecular formula is C15H30F2N2. The van der Waals surface area contributed by atoms with Crippen LogP contribution in [0.4, 0.5) is 8.78 Å². The molecule has 0 heterocycles. The van der Waals surface area contributed by atoms with Gasteiger partial charge in [0.1, 0.15) is 0 Å².